The van der Waals surface area contributed by atoms with Gasteiger partial charge in [-0.05, 0) is 6.42 Å². The quantitative estimate of drug-likeness (QED) is 0.537. The van der Waals surface area contributed by atoms with Crippen molar-refractivity contribution in [3.05, 3.63) is 0 Å². The normalized spacial score (nSPS) is 20.1. The van der Waals surface area contributed by atoms with Gasteiger partial charge in [-0.3, -0.25) is 4.79 Å². The van der Waals surface area contributed by atoms with Crippen molar-refractivity contribution >= 4 is 5.91 Å². The molecule has 1 aliphatic heterocycles. The van der Waals surface area contributed by atoms with Gasteiger partial charge in [-0.2, -0.15) is 0 Å². The predicted octanol–water partition coefficient (Wildman–Crippen LogP) is -1.40. The number of carbonyl (C=O) groups is 1. The molecule has 0 radical (unpaired) electrons. The van der Waals surface area contributed by atoms with E-state index < -0.39 is 11.9 Å². The van der Waals surface area contributed by atoms with E-state index in [1.54, 1.807) is 0 Å². The number of nitrogens with two attached hydrogens (primary N) is 2. The molecule has 0 saturated carbocycles. The summed E-state index contributed by atoms with van der Waals surface area (Å²) in [6.45, 7) is 1.76. The van der Waals surface area contributed by atoms with Crippen LogP contribution in [0.2, 0.25) is 0 Å². The van der Waals surface area contributed by atoms with Crippen molar-refractivity contribution in [2.75, 3.05) is 19.8 Å². The third-order valence-electron chi connectivity index (χ3n) is 1.76. The smallest absolute Gasteiger partial charge is 0.234 e. The molecule has 12 heavy (non-hydrogen) atoms. The predicted molar refractivity (Wildman–Crippen MR) is 42.3 cm³/mol. The van der Waals surface area contributed by atoms with E-state index in [2.05, 4.69) is 0 Å². The van der Waals surface area contributed by atoms with E-state index in [0.717, 1.165) is 0 Å². The first kappa shape index (κ1) is 9.44. The van der Waals surface area contributed by atoms with Crippen LogP contribution < -0.4 is 11.5 Å². The van der Waals surface area contributed by atoms with E-state index in [0.29, 0.717) is 26.2 Å². The van der Waals surface area contributed by atoms with Gasteiger partial charge in [-0.15, -0.1) is 0 Å². The van der Waals surface area contributed by atoms with Gasteiger partial charge in [-0.25, -0.2) is 0 Å². The Balaban J connectivity index is 1.97. The maximum Gasteiger partial charge on any atom is 0.234 e. The number of hydrogen-bond acceptors (Lipinski definition) is 4. The number of primary amides is 1. The van der Waals surface area contributed by atoms with Crippen LogP contribution in [0, 0.1) is 0 Å². The molecule has 0 aromatic heterocycles. The molecule has 4 N–H and O–H groups in total. The van der Waals surface area contributed by atoms with E-state index in [-0.39, 0.29) is 6.10 Å². The summed E-state index contributed by atoms with van der Waals surface area (Å²) in [4.78, 5) is 10.5. The van der Waals surface area contributed by atoms with E-state index in [4.69, 9.17) is 20.9 Å². The van der Waals surface area contributed by atoms with E-state index in [1.807, 2.05) is 0 Å². The molecule has 0 aliphatic carbocycles. The molecule has 1 heterocycles. The molecule has 0 bridgehead atoms. The molecule has 1 rings (SSSR count). The lowest BCUT2D eigenvalue weighted by atomic mass is 10.2. The minimum Gasteiger partial charge on any atom is -0.376 e. The molecule has 1 amide bonds. The van der Waals surface area contributed by atoms with Crippen LogP contribution in [-0.2, 0) is 14.3 Å². The van der Waals surface area contributed by atoms with Crippen molar-refractivity contribution in [1.82, 2.24) is 0 Å². The third-order valence-corrected chi connectivity index (χ3v) is 1.76. The highest BCUT2D eigenvalue weighted by Crippen LogP contribution is 2.05. The fourth-order valence-electron chi connectivity index (χ4n) is 0.814. The zero-order valence-electron chi connectivity index (χ0n) is 6.86. The Labute approximate surface area is 71.0 Å². The van der Waals surface area contributed by atoms with Crippen LogP contribution in [0.1, 0.15) is 6.42 Å². The monoisotopic (exact) mass is 174 g/mol. The van der Waals surface area contributed by atoms with Crippen molar-refractivity contribution in [3.63, 3.8) is 0 Å². The van der Waals surface area contributed by atoms with Gasteiger partial charge in [0.1, 0.15) is 6.10 Å². The lowest BCUT2D eigenvalue weighted by Gasteiger charge is -2.26. The van der Waals surface area contributed by atoms with Gasteiger partial charge < -0.3 is 20.9 Å². The SMILES string of the molecule is NC(=O)C(N)CCOC1COC1. The van der Waals surface area contributed by atoms with Gasteiger partial charge in [0.2, 0.25) is 5.91 Å². The Hall–Kier alpha value is -0.650. The van der Waals surface area contributed by atoms with Crippen molar-refractivity contribution in [1.29, 1.82) is 0 Å². The molecular formula is C7H14N2O3. The van der Waals surface area contributed by atoms with E-state index >= 15 is 0 Å². The van der Waals surface area contributed by atoms with E-state index in [1.165, 1.54) is 0 Å². The molecule has 1 fully saturated rings. The van der Waals surface area contributed by atoms with Crippen molar-refractivity contribution in [3.8, 4) is 0 Å². The van der Waals surface area contributed by atoms with Gasteiger partial charge in [0.25, 0.3) is 0 Å². The lowest BCUT2D eigenvalue weighted by molar-refractivity contribution is -0.132. The summed E-state index contributed by atoms with van der Waals surface area (Å²) in [7, 11) is 0. The Bertz CT molecular complexity index is 159. The van der Waals surface area contributed by atoms with Crippen molar-refractivity contribution in [2.24, 2.45) is 11.5 Å². The number of amides is 1. The minimum atomic E-state index is -0.592. The largest absolute Gasteiger partial charge is 0.376 e. The van der Waals surface area contributed by atoms with Crippen LogP contribution in [0.3, 0.4) is 0 Å². The van der Waals surface area contributed by atoms with Gasteiger partial charge in [0, 0.05) is 6.61 Å². The maximum atomic E-state index is 10.5. The fourth-order valence-corrected chi connectivity index (χ4v) is 0.814. The second-order valence-corrected chi connectivity index (χ2v) is 2.83. The van der Waals surface area contributed by atoms with Crippen molar-refractivity contribution in [2.45, 2.75) is 18.6 Å². The molecule has 5 heteroatoms. The summed E-state index contributed by atoms with van der Waals surface area (Å²) in [5.41, 5.74) is 10.3. The van der Waals surface area contributed by atoms with Gasteiger partial charge in [0.05, 0.1) is 19.3 Å². The second-order valence-electron chi connectivity index (χ2n) is 2.83. The Morgan fingerprint density at radius 1 is 1.67 bits per heavy atom. The zero-order chi connectivity index (χ0) is 8.97. The molecular weight excluding hydrogens is 160 g/mol. The van der Waals surface area contributed by atoms with Crippen LogP contribution in [0.15, 0.2) is 0 Å². The highest BCUT2D eigenvalue weighted by Gasteiger charge is 2.19. The highest BCUT2D eigenvalue weighted by atomic mass is 16.6. The average Bonchev–Trinajstić information content (AvgIpc) is 1.93. The zero-order valence-corrected chi connectivity index (χ0v) is 6.86. The second kappa shape index (κ2) is 4.39. The molecule has 0 aromatic rings. The average molecular weight is 174 g/mol. The highest BCUT2D eigenvalue weighted by molar-refractivity contribution is 5.79. The van der Waals surface area contributed by atoms with Crippen LogP contribution in [0.5, 0.6) is 0 Å². The number of hydrogen-bond donors (Lipinski definition) is 2. The Kier molecular flexibility index (Phi) is 3.46. The summed E-state index contributed by atoms with van der Waals surface area (Å²) >= 11 is 0. The van der Waals surface area contributed by atoms with Crippen molar-refractivity contribution < 1.29 is 14.3 Å². The minimum absolute atomic E-state index is 0.185. The molecule has 0 aromatic carbocycles. The molecule has 1 aliphatic rings. The lowest BCUT2D eigenvalue weighted by Crippen LogP contribution is -2.40. The number of carbonyl (C=O) groups excluding carboxylic acids is 1. The molecule has 1 unspecified atom stereocenters. The third kappa shape index (κ3) is 2.77. The first-order valence-electron chi connectivity index (χ1n) is 3.94. The van der Waals surface area contributed by atoms with Crippen LogP contribution in [0.4, 0.5) is 0 Å². The number of rotatable bonds is 5. The molecule has 70 valence electrons. The Morgan fingerprint density at radius 2 is 2.33 bits per heavy atom. The Morgan fingerprint density at radius 3 is 2.75 bits per heavy atom. The van der Waals surface area contributed by atoms with E-state index in [9.17, 15) is 4.79 Å². The summed E-state index contributed by atoms with van der Waals surface area (Å²) < 4.78 is 10.2. The summed E-state index contributed by atoms with van der Waals surface area (Å²) in [6.07, 6.45) is 0.663. The van der Waals surface area contributed by atoms with Gasteiger partial charge >= 0.3 is 0 Å². The summed E-state index contributed by atoms with van der Waals surface area (Å²) in [5, 5.41) is 0. The molecule has 1 atom stereocenters. The first-order valence-corrected chi connectivity index (χ1v) is 3.94. The number of ether oxygens (including phenoxy) is 2. The van der Waals surface area contributed by atoms with Gasteiger partial charge in [0.15, 0.2) is 0 Å². The molecule has 5 nitrogen and oxygen atoms in total. The van der Waals surface area contributed by atoms with Crippen LogP contribution >= 0.6 is 0 Å². The first-order chi connectivity index (χ1) is 5.70. The molecule has 1 saturated heterocycles. The maximum absolute atomic E-state index is 10.5. The summed E-state index contributed by atoms with van der Waals surface area (Å²) in [6, 6.07) is -0.592. The summed E-state index contributed by atoms with van der Waals surface area (Å²) in [5.74, 6) is -0.483. The van der Waals surface area contributed by atoms with Crippen LogP contribution in [-0.4, -0.2) is 37.9 Å². The standard InChI is InChI=1S/C7H14N2O3/c8-6(7(9)10)1-2-12-5-3-11-4-5/h5-6H,1-4,8H2,(H2,9,10). The topological polar surface area (TPSA) is 87.6 Å². The van der Waals surface area contributed by atoms with Crippen LogP contribution in [0.25, 0.3) is 0 Å². The fraction of sp³-hybridized carbons (Fsp3) is 0.857. The van der Waals surface area contributed by atoms with Gasteiger partial charge in [-0.1, -0.05) is 0 Å². The molecule has 0 spiro atoms.